The summed E-state index contributed by atoms with van der Waals surface area (Å²) in [6, 6.07) is 5.79. The third kappa shape index (κ3) is 3.85. The van der Waals surface area contributed by atoms with Gasteiger partial charge in [0.1, 0.15) is 5.82 Å². The normalized spacial score (nSPS) is 13.5. The number of imidazole rings is 1. The lowest BCUT2D eigenvalue weighted by Crippen LogP contribution is -2.14. The summed E-state index contributed by atoms with van der Waals surface area (Å²) < 4.78 is 10.7. The van der Waals surface area contributed by atoms with Crippen LogP contribution in [0, 0.1) is 5.92 Å². The van der Waals surface area contributed by atoms with Crippen LogP contribution in [0.15, 0.2) is 24.4 Å². The van der Waals surface area contributed by atoms with Crippen LogP contribution in [-0.4, -0.2) is 16.8 Å². The Labute approximate surface area is 142 Å². The van der Waals surface area contributed by atoms with Crippen LogP contribution in [0.3, 0.4) is 0 Å². The van der Waals surface area contributed by atoms with E-state index in [1.165, 1.54) is 0 Å². The lowest BCUT2D eigenvalue weighted by Gasteiger charge is -2.11. The number of halogens is 2. The molecule has 1 aromatic carbocycles. The molecule has 1 aromatic heterocycles. The van der Waals surface area contributed by atoms with Gasteiger partial charge < -0.3 is 20.2 Å². The number of nitrogens with one attached hydrogen (secondary N) is 1. The number of hydrogen-bond acceptors (Lipinski definition) is 4. The third-order valence-corrected chi connectivity index (χ3v) is 3.36. The molecule has 5 nitrogen and oxygen atoms in total. The van der Waals surface area contributed by atoms with Crippen molar-refractivity contribution in [1.29, 1.82) is 0 Å². The summed E-state index contributed by atoms with van der Waals surface area (Å²) in [4.78, 5) is 7.68. The van der Waals surface area contributed by atoms with Gasteiger partial charge in [-0.3, -0.25) is 0 Å². The topological polar surface area (TPSA) is 73.2 Å². The lowest BCUT2D eigenvalue weighted by molar-refractivity contribution is 0.174. The van der Waals surface area contributed by atoms with E-state index in [4.69, 9.17) is 15.2 Å². The number of rotatable bonds is 4. The summed E-state index contributed by atoms with van der Waals surface area (Å²) in [5.74, 6) is 2.92. The standard InChI is InChI=1S/C15H19N3O2.2ClH/c1-9(2)5-11(16)15-17-7-12(18-15)10-3-4-13-14(6-10)20-8-19-13;;/h3-4,6-7,9,11H,5,8,16H2,1-2H3,(H,17,18);2*1H. The Kier molecular flexibility index (Phi) is 6.53. The molecule has 1 unspecified atom stereocenters. The van der Waals surface area contributed by atoms with Crippen LogP contribution in [0.25, 0.3) is 11.3 Å². The predicted octanol–water partition coefficient (Wildman–Crippen LogP) is 3.69. The number of ether oxygens (including phenoxy) is 2. The first kappa shape index (κ1) is 18.6. The Morgan fingerprint density at radius 1 is 1.23 bits per heavy atom. The van der Waals surface area contributed by atoms with Gasteiger partial charge in [-0.2, -0.15) is 0 Å². The number of nitrogens with zero attached hydrogens (tertiary/aromatic N) is 1. The molecular formula is C15H21Cl2N3O2. The van der Waals surface area contributed by atoms with Crippen molar-refractivity contribution in [3.8, 4) is 22.8 Å². The van der Waals surface area contributed by atoms with Gasteiger partial charge in [0.25, 0.3) is 0 Å². The van der Waals surface area contributed by atoms with Crippen molar-refractivity contribution in [2.24, 2.45) is 11.7 Å². The van der Waals surface area contributed by atoms with E-state index in [2.05, 4.69) is 23.8 Å². The second-order valence-electron chi connectivity index (χ2n) is 5.49. The summed E-state index contributed by atoms with van der Waals surface area (Å²) in [6.45, 7) is 4.59. The molecule has 1 aliphatic rings. The fraction of sp³-hybridized carbons (Fsp3) is 0.400. The van der Waals surface area contributed by atoms with Crippen molar-refractivity contribution in [3.63, 3.8) is 0 Å². The molecule has 3 N–H and O–H groups in total. The summed E-state index contributed by atoms with van der Waals surface area (Å²) in [5, 5.41) is 0. The van der Waals surface area contributed by atoms with Crippen molar-refractivity contribution in [2.45, 2.75) is 26.3 Å². The summed E-state index contributed by atoms with van der Waals surface area (Å²) >= 11 is 0. The minimum atomic E-state index is -0.0576. The van der Waals surface area contributed by atoms with Crippen LogP contribution < -0.4 is 15.2 Å². The summed E-state index contributed by atoms with van der Waals surface area (Å²) in [6.07, 6.45) is 2.72. The van der Waals surface area contributed by atoms with E-state index in [0.717, 1.165) is 35.0 Å². The van der Waals surface area contributed by atoms with Crippen molar-refractivity contribution in [3.05, 3.63) is 30.2 Å². The Morgan fingerprint density at radius 3 is 2.68 bits per heavy atom. The van der Waals surface area contributed by atoms with Gasteiger partial charge in [-0.1, -0.05) is 13.8 Å². The monoisotopic (exact) mass is 345 g/mol. The van der Waals surface area contributed by atoms with Crippen LogP contribution in [-0.2, 0) is 0 Å². The molecule has 0 aliphatic carbocycles. The van der Waals surface area contributed by atoms with E-state index in [1.54, 1.807) is 0 Å². The first-order valence-corrected chi connectivity index (χ1v) is 6.84. The molecule has 1 aliphatic heterocycles. The maximum Gasteiger partial charge on any atom is 0.231 e. The predicted molar refractivity (Wildman–Crippen MR) is 91.0 cm³/mol. The maximum absolute atomic E-state index is 6.14. The SMILES string of the molecule is CC(C)CC(N)c1ncc(-c2ccc3c(c2)OCO3)[nH]1.Cl.Cl. The van der Waals surface area contributed by atoms with Crippen molar-refractivity contribution in [1.82, 2.24) is 9.97 Å². The molecule has 0 saturated heterocycles. The molecule has 3 rings (SSSR count). The zero-order valence-corrected chi connectivity index (χ0v) is 14.2. The zero-order chi connectivity index (χ0) is 14.1. The number of fused-ring (bicyclic) bond motifs is 1. The van der Waals surface area contributed by atoms with Gasteiger partial charge >= 0.3 is 0 Å². The number of aromatic nitrogens is 2. The number of nitrogens with two attached hydrogens (primary N) is 1. The largest absolute Gasteiger partial charge is 0.454 e. The summed E-state index contributed by atoms with van der Waals surface area (Å²) in [5.41, 5.74) is 8.10. The number of aromatic amines is 1. The molecular weight excluding hydrogens is 325 g/mol. The minimum absolute atomic E-state index is 0. The lowest BCUT2D eigenvalue weighted by atomic mass is 10.0. The third-order valence-electron chi connectivity index (χ3n) is 3.36. The van der Waals surface area contributed by atoms with Crippen LogP contribution in [0.5, 0.6) is 11.5 Å². The van der Waals surface area contributed by atoms with E-state index in [9.17, 15) is 0 Å². The number of H-pyrrole nitrogens is 1. The molecule has 1 atom stereocenters. The van der Waals surface area contributed by atoms with Crippen molar-refractivity contribution < 1.29 is 9.47 Å². The number of hydrogen-bond donors (Lipinski definition) is 2. The molecule has 0 spiro atoms. The van der Waals surface area contributed by atoms with Crippen molar-refractivity contribution >= 4 is 24.8 Å². The van der Waals surface area contributed by atoms with E-state index in [1.807, 2.05) is 24.4 Å². The van der Waals surface area contributed by atoms with E-state index in [-0.39, 0.29) is 37.6 Å². The van der Waals surface area contributed by atoms with Crippen molar-refractivity contribution in [2.75, 3.05) is 6.79 Å². The van der Waals surface area contributed by atoms with E-state index < -0.39 is 0 Å². The van der Waals surface area contributed by atoms with Crippen LogP contribution >= 0.6 is 24.8 Å². The van der Waals surface area contributed by atoms with Gasteiger partial charge in [0.2, 0.25) is 6.79 Å². The van der Waals surface area contributed by atoms with Crippen LogP contribution in [0.2, 0.25) is 0 Å². The highest BCUT2D eigenvalue weighted by molar-refractivity contribution is 5.85. The number of benzene rings is 1. The molecule has 7 heteroatoms. The highest BCUT2D eigenvalue weighted by Gasteiger charge is 2.16. The molecule has 2 heterocycles. The quantitative estimate of drug-likeness (QED) is 0.885. The molecule has 122 valence electrons. The molecule has 22 heavy (non-hydrogen) atoms. The second-order valence-corrected chi connectivity index (χ2v) is 5.49. The first-order chi connectivity index (χ1) is 9.63. The van der Waals surface area contributed by atoms with E-state index >= 15 is 0 Å². The highest BCUT2D eigenvalue weighted by Crippen LogP contribution is 2.35. The second kappa shape index (κ2) is 7.72. The van der Waals surface area contributed by atoms with Crippen LogP contribution in [0.1, 0.15) is 32.1 Å². The molecule has 0 fully saturated rings. The van der Waals surface area contributed by atoms with Gasteiger partial charge in [0.05, 0.1) is 17.9 Å². The zero-order valence-electron chi connectivity index (χ0n) is 12.5. The Morgan fingerprint density at radius 2 is 1.95 bits per heavy atom. The summed E-state index contributed by atoms with van der Waals surface area (Å²) in [7, 11) is 0. The molecule has 2 aromatic rings. The van der Waals surface area contributed by atoms with Gasteiger partial charge in [-0.05, 0) is 30.5 Å². The Balaban J connectivity index is 0.00000121. The van der Waals surface area contributed by atoms with Gasteiger partial charge in [-0.25, -0.2) is 4.98 Å². The molecule has 0 saturated carbocycles. The molecule has 0 bridgehead atoms. The highest BCUT2D eigenvalue weighted by atomic mass is 35.5. The minimum Gasteiger partial charge on any atom is -0.454 e. The smallest absolute Gasteiger partial charge is 0.231 e. The molecule has 0 amide bonds. The first-order valence-electron chi connectivity index (χ1n) is 6.84. The fourth-order valence-electron chi connectivity index (χ4n) is 2.36. The van der Waals surface area contributed by atoms with Gasteiger partial charge in [0, 0.05) is 5.56 Å². The molecule has 0 radical (unpaired) electrons. The van der Waals surface area contributed by atoms with Gasteiger partial charge in [0.15, 0.2) is 11.5 Å². The van der Waals surface area contributed by atoms with Crippen LogP contribution in [0.4, 0.5) is 0 Å². The average molecular weight is 346 g/mol. The Hall–Kier alpha value is -1.43. The Bertz CT molecular complexity index is 617. The van der Waals surface area contributed by atoms with E-state index in [0.29, 0.717) is 5.92 Å². The van der Waals surface area contributed by atoms with Gasteiger partial charge in [-0.15, -0.1) is 24.8 Å². The average Bonchev–Trinajstić information content (AvgIpc) is 3.06. The fourth-order valence-corrected chi connectivity index (χ4v) is 2.36. The maximum atomic E-state index is 6.14.